The number of nitrogens with one attached hydrogen (secondary N) is 2. The lowest BCUT2D eigenvalue weighted by Crippen LogP contribution is -2.32. The number of benzene rings is 2. The van der Waals surface area contributed by atoms with Crippen LogP contribution in [0.5, 0.6) is 0 Å². The van der Waals surface area contributed by atoms with Crippen molar-refractivity contribution in [3.8, 4) is 0 Å². The third kappa shape index (κ3) is 5.07. The van der Waals surface area contributed by atoms with Crippen LogP contribution in [0.4, 0.5) is 5.69 Å². The molecule has 0 aliphatic rings. The number of anilines is 1. The molecule has 2 N–H and O–H groups in total. The Labute approximate surface area is 145 Å². The molecule has 0 aliphatic heterocycles. The van der Waals surface area contributed by atoms with Crippen molar-refractivity contribution in [1.29, 1.82) is 0 Å². The Balaban J connectivity index is 1.98. The molecule has 23 heavy (non-hydrogen) atoms. The summed E-state index contributed by atoms with van der Waals surface area (Å²) in [5.74, 6) is 0.542. The molecule has 2 aromatic rings. The Hall–Kier alpha value is -1.87. The highest BCUT2D eigenvalue weighted by Gasteiger charge is 2.10. The summed E-state index contributed by atoms with van der Waals surface area (Å²) in [6.07, 6.45) is 0.983. The molecular formula is C20H26N2S. The second-order valence-corrected chi connectivity index (χ2v) is 6.65. The van der Waals surface area contributed by atoms with Crippen molar-refractivity contribution in [2.45, 2.75) is 46.1 Å². The molecule has 2 nitrogen and oxygen atoms in total. The topological polar surface area (TPSA) is 24.1 Å². The molecule has 0 aromatic heterocycles. The van der Waals surface area contributed by atoms with E-state index in [-0.39, 0.29) is 6.04 Å². The molecule has 3 heteroatoms. The fourth-order valence-electron chi connectivity index (χ4n) is 2.50. The third-order valence-electron chi connectivity index (χ3n) is 4.03. The lowest BCUT2D eigenvalue weighted by atomic mass is 10.0. The molecule has 0 fully saturated rings. The Bertz CT molecular complexity index is 630. The fraction of sp³-hybridized carbons (Fsp3) is 0.350. The van der Waals surface area contributed by atoms with Gasteiger partial charge in [-0.05, 0) is 54.7 Å². The van der Waals surface area contributed by atoms with Gasteiger partial charge < -0.3 is 10.6 Å². The minimum Gasteiger partial charge on any atom is -0.356 e. The van der Waals surface area contributed by atoms with Gasteiger partial charge in [0, 0.05) is 5.69 Å². The molecule has 0 spiro atoms. The molecule has 0 amide bonds. The lowest BCUT2D eigenvalue weighted by molar-refractivity contribution is 0.629. The van der Waals surface area contributed by atoms with E-state index in [1.807, 2.05) is 0 Å². The van der Waals surface area contributed by atoms with E-state index in [0.717, 1.165) is 12.1 Å². The van der Waals surface area contributed by atoms with Crippen LogP contribution in [0.1, 0.15) is 55.8 Å². The molecule has 2 aromatic carbocycles. The summed E-state index contributed by atoms with van der Waals surface area (Å²) in [4.78, 5) is 0. The molecule has 0 saturated heterocycles. The average molecular weight is 327 g/mol. The van der Waals surface area contributed by atoms with Gasteiger partial charge in [0.2, 0.25) is 0 Å². The van der Waals surface area contributed by atoms with Gasteiger partial charge >= 0.3 is 0 Å². The molecule has 0 bridgehead atoms. The Morgan fingerprint density at radius 2 is 1.52 bits per heavy atom. The molecule has 2 rings (SSSR count). The van der Waals surface area contributed by atoms with E-state index in [4.69, 9.17) is 12.2 Å². The van der Waals surface area contributed by atoms with E-state index in [2.05, 4.69) is 86.9 Å². The summed E-state index contributed by atoms with van der Waals surface area (Å²) >= 11 is 5.47. The lowest BCUT2D eigenvalue weighted by Gasteiger charge is -2.20. The first kappa shape index (κ1) is 17.5. The summed E-state index contributed by atoms with van der Waals surface area (Å²) in [6, 6.07) is 17.3. The number of hydrogen-bond acceptors (Lipinski definition) is 1. The van der Waals surface area contributed by atoms with Crippen molar-refractivity contribution in [3.63, 3.8) is 0 Å². The SMILES string of the molecule is CCC(NC(=S)Nc1ccc(C(C)C)cc1)c1ccc(C)cc1. The number of thiocarbonyl (C=S) groups is 1. The van der Waals surface area contributed by atoms with Gasteiger partial charge in [-0.3, -0.25) is 0 Å². The van der Waals surface area contributed by atoms with Crippen LogP contribution in [0, 0.1) is 6.92 Å². The summed E-state index contributed by atoms with van der Waals surface area (Å²) in [5.41, 5.74) is 4.89. The molecule has 1 atom stereocenters. The largest absolute Gasteiger partial charge is 0.356 e. The summed E-state index contributed by atoms with van der Waals surface area (Å²) < 4.78 is 0. The zero-order valence-corrected chi connectivity index (χ0v) is 15.2. The van der Waals surface area contributed by atoms with Crippen molar-refractivity contribution in [2.75, 3.05) is 5.32 Å². The van der Waals surface area contributed by atoms with Crippen molar-refractivity contribution >= 4 is 23.0 Å². The van der Waals surface area contributed by atoms with E-state index >= 15 is 0 Å². The second-order valence-electron chi connectivity index (χ2n) is 6.25. The van der Waals surface area contributed by atoms with E-state index in [0.29, 0.717) is 11.0 Å². The van der Waals surface area contributed by atoms with Gasteiger partial charge in [-0.2, -0.15) is 0 Å². The van der Waals surface area contributed by atoms with Crippen LogP contribution in [-0.2, 0) is 0 Å². The minimum absolute atomic E-state index is 0.227. The molecule has 122 valence electrons. The van der Waals surface area contributed by atoms with E-state index in [1.165, 1.54) is 16.7 Å². The quantitative estimate of drug-likeness (QED) is 0.704. The van der Waals surface area contributed by atoms with Crippen LogP contribution in [0.25, 0.3) is 0 Å². The average Bonchev–Trinajstić information content (AvgIpc) is 2.54. The van der Waals surface area contributed by atoms with Crippen molar-refractivity contribution in [2.24, 2.45) is 0 Å². The highest BCUT2D eigenvalue weighted by Crippen LogP contribution is 2.19. The number of hydrogen-bond donors (Lipinski definition) is 2. The van der Waals surface area contributed by atoms with Gasteiger partial charge in [-0.1, -0.05) is 62.7 Å². The highest BCUT2D eigenvalue weighted by molar-refractivity contribution is 7.80. The van der Waals surface area contributed by atoms with Gasteiger partial charge in [0.15, 0.2) is 5.11 Å². The Kier molecular flexibility index (Phi) is 6.17. The molecule has 0 radical (unpaired) electrons. The maximum Gasteiger partial charge on any atom is 0.171 e. The van der Waals surface area contributed by atoms with Gasteiger partial charge in [0.05, 0.1) is 6.04 Å². The predicted octanol–water partition coefficient (Wildman–Crippen LogP) is 5.56. The smallest absolute Gasteiger partial charge is 0.171 e. The Morgan fingerprint density at radius 3 is 2.04 bits per heavy atom. The van der Waals surface area contributed by atoms with Crippen LogP contribution >= 0.6 is 12.2 Å². The maximum atomic E-state index is 5.47. The molecule has 0 saturated carbocycles. The molecule has 0 aliphatic carbocycles. The minimum atomic E-state index is 0.227. The first-order chi connectivity index (χ1) is 11.0. The van der Waals surface area contributed by atoms with Crippen LogP contribution in [0.2, 0.25) is 0 Å². The second kappa shape index (κ2) is 8.11. The van der Waals surface area contributed by atoms with Crippen molar-refractivity contribution < 1.29 is 0 Å². The zero-order valence-electron chi connectivity index (χ0n) is 14.4. The summed E-state index contributed by atoms with van der Waals surface area (Å²) in [7, 11) is 0. The van der Waals surface area contributed by atoms with Gasteiger partial charge in [0.1, 0.15) is 0 Å². The van der Waals surface area contributed by atoms with Gasteiger partial charge in [0.25, 0.3) is 0 Å². The standard InChI is InChI=1S/C20H26N2S/c1-5-19(17-8-6-15(4)7-9-17)22-20(23)21-18-12-10-16(11-13-18)14(2)3/h6-14,19H,5H2,1-4H3,(H2,21,22,23). The fourth-order valence-corrected chi connectivity index (χ4v) is 2.76. The van der Waals surface area contributed by atoms with Crippen molar-refractivity contribution in [1.82, 2.24) is 5.32 Å². The van der Waals surface area contributed by atoms with E-state index in [9.17, 15) is 0 Å². The van der Waals surface area contributed by atoms with Gasteiger partial charge in [-0.25, -0.2) is 0 Å². The third-order valence-corrected chi connectivity index (χ3v) is 4.25. The monoisotopic (exact) mass is 326 g/mol. The highest BCUT2D eigenvalue weighted by atomic mass is 32.1. The number of rotatable bonds is 5. The molecular weight excluding hydrogens is 300 g/mol. The maximum absolute atomic E-state index is 5.47. The summed E-state index contributed by atoms with van der Waals surface area (Å²) in [5, 5.41) is 7.34. The zero-order chi connectivity index (χ0) is 16.8. The van der Waals surface area contributed by atoms with Gasteiger partial charge in [-0.15, -0.1) is 0 Å². The van der Waals surface area contributed by atoms with E-state index in [1.54, 1.807) is 0 Å². The van der Waals surface area contributed by atoms with Crippen LogP contribution in [-0.4, -0.2) is 5.11 Å². The van der Waals surface area contributed by atoms with Crippen LogP contribution < -0.4 is 10.6 Å². The Morgan fingerprint density at radius 1 is 0.957 bits per heavy atom. The first-order valence-electron chi connectivity index (χ1n) is 8.23. The van der Waals surface area contributed by atoms with Crippen LogP contribution in [0.15, 0.2) is 48.5 Å². The molecule has 0 heterocycles. The number of aryl methyl sites for hydroxylation is 1. The van der Waals surface area contributed by atoms with E-state index < -0.39 is 0 Å². The first-order valence-corrected chi connectivity index (χ1v) is 8.64. The van der Waals surface area contributed by atoms with Crippen LogP contribution in [0.3, 0.4) is 0 Å². The molecule has 1 unspecified atom stereocenters. The van der Waals surface area contributed by atoms with Crippen molar-refractivity contribution in [3.05, 3.63) is 65.2 Å². The normalized spacial score (nSPS) is 12.0. The summed E-state index contributed by atoms with van der Waals surface area (Å²) in [6.45, 7) is 8.66. The predicted molar refractivity (Wildman–Crippen MR) is 104 cm³/mol.